The fraction of sp³-hybridized carbons (Fsp3) is 0.800. The highest BCUT2D eigenvalue weighted by atomic mass is 15.3. The van der Waals surface area contributed by atoms with Crippen LogP contribution in [0.1, 0.15) is 57.7 Å². The second kappa shape index (κ2) is 4.69. The van der Waals surface area contributed by atoms with Crippen molar-refractivity contribution in [3.8, 4) is 0 Å². The van der Waals surface area contributed by atoms with Crippen LogP contribution in [-0.4, -0.2) is 21.9 Å². The van der Waals surface area contributed by atoms with Crippen LogP contribution in [0.5, 0.6) is 0 Å². The van der Waals surface area contributed by atoms with Crippen molar-refractivity contribution in [1.82, 2.24) is 15.1 Å². The summed E-state index contributed by atoms with van der Waals surface area (Å²) in [5.74, 6) is 0.911. The van der Waals surface area contributed by atoms with Gasteiger partial charge in [0, 0.05) is 24.2 Å². The second-order valence-corrected chi connectivity index (χ2v) is 6.18. The number of hydrogen-bond donors (Lipinski definition) is 1. The number of nitrogens with zero attached hydrogens (tertiary/aromatic N) is 2. The summed E-state index contributed by atoms with van der Waals surface area (Å²) in [6.07, 6.45) is 9.93. The Morgan fingerprint density at radius 3 is 3.00 bits per heavy atom. The first kappa shape index (κ1) is 12.2. The van der Waals surface area contributed by atoms with Crippen LogP contribution in [0.4, 0.5) is 0 Å². The molecule has 1 aliphatic heterocycles. The molecule has 1 saturated heterocycles. The van der Waals surface area contributed by atoms with E-state index >= 15 is 0 Å². The van der Waals surface area contributed by atoms with Gasteiger partial charge >= 0.3 is 0 Å². The van der Waals surface area contributed by atoms with E-state index in [4.69, 9.17) is 5.10 Å². The van der Waals surface area contributed by atoms with Crippen molar-refractivity contribution in [3.05, 3.63) is 18.0 Å². The molecule has 2 heterocycles. The van der Waals surface area contributed by atoms with Crippen LogP contribution < -0.4 is 5.32 Å². The monoisotopic (exact) mass is 247 g/mol. The van der Waals surface area contributed by atoms with Crippen molar-refractivity contribution >= 4 is 0 Å². The van der Waals surface area contributed by atoms with Gasteiger partial charge in [0.1, 0.15) is 0 Å². The molecule has 2 unspecified atom stereocenters. The van der Waals surface area contributed by atoms with Gasteiger partial charge in [0.25, 0.3) is 0 Å². The standard InChI is InChI=1S/C15H25N3/c1-3-12(2)18-10-7-14(17-18)11-15(13-5-6-13)8-4-9-16-15/h7,10,12-13,16H,3-6,8-9,11H2,1-2H3. The van der Waals surface area contributed by atoms with Gasteiger partial charge < -0.3 is 5.32 Å². The number of nitrogens with one attached hydrogen (secondary N) is 1. The van der Waals surface area contributed by atoms with Gasteiger partial charge in [-0.1, -0.05) is 6.92 Å². The molecule has 1 aromatic heterocycles. The van der Waals surface area contributed by atoms with Gasteiger partial charge in [-0.25, -0.2) is 0 Å². The van der Waals surface area contributed by atoms with Crippen molar-refractivity contribution in [2.24, 2.45) is 5.92 Å². The van der Waals surface area contributed by atoms with Crippen molar-refractivity contribution < 1.29 is 0 Å². The van der Waals surface area contributed by atoms with E-state index in [1.165, 1.54) is 37.9 Å². The van der Waals surface area contributed by atoms with Crippen LogP contribution in [-0.2, 0) is 6.42 Å². The summed E-state index contributed by atoms with van der Waals surface area (Å²) >= 11 is 0. The molecule has 1 N–H and O–H groups in total. The quantitative estimate of drug-likeness (QED) is 0.867. The molecular weight excluding hydrogens is 222 g/mol. The molecule has 3 nitrogen and oxygen atoms in total. The molecule has 2 atom stereocenters. The van der Waals surface area contributed by atoms with E-state index in [0.29, 0.717) is 11.6 Å². The van der Waals surface area contributed by atoms with Gasteiger partial charge in [0.15, 0.2) is 0 Å². The maximum atomic E-state index is 4.78. The van der Waals surface area contributed by atoms with Gasteiger partial charge in [0.05, 0.1) is 5.69 Å². The number of aromatic nitrogens is 2. The molecule has 0 radical (unpaired) electrons. The Labute approximate surface area is 110 Å². The third-order valence-corrected chi connectivity index (χ3v) is 4.84. The van der Waals surface area contributed by atoms with Crippen LogP contribution in [0.3, 0.4) is 0 Å². The van der Waals surface area contributed by atoms with E-state index < -0.39 is 0 Å². The molecule has 2 aliphatic rings. The van der Waals surface area contributed by atoms with Crippen LogP contribution in [0.2, 0.25) is 0 Å². The molecule has 3 heteroatoms. The zero-order valence-corrected chi connectivity index (χ0v) is 11.7. The van der Waals surface area contributed by atoms with E-state index in [-0.39, 0.29) is 0 Å². The predicted octanol–water partition coefficient (Wildman–Crippen LogP) is 2.93. The van der Waals surface area contributed by atoms with Crippen molar-refractivity contribution in [1.29, 1.82) is 0 Å². The number of hydrogen-bond acceptors (Lipinski definition) is 2. The van der Waals surface area contributed by atoms with Gasteiger partial charge in [-0.2, -0.15) is 5.10 Å². The predicted molar refractivity (Wildman–Crippen MR) is 73.6 cm³/mol. The molecule has 2 fully saturated rings. The average Bonchev–Trinajstić information content (AvgIpc) is 2.98. The molecular formula is C15H25N3. The molecule has 1 aromatic rings. The lowest BCUT2D eigenvalue weighted by Crippen LogP contribution is -2.44. The molecule has 100 valence electrons. The molecule has 0 aromatic carbocycles. The largest absolute Gasteiger partial charge is 0.311 e. The zero-order chi connectivity index (χ0) is 12.6. The highest BCUT2D eigenvalue weighted by Gasteiger charge is 2.46. The molecule has 1 saturated carbocycles. The first-order valence-electron chi connectivity index (χ1n) is 7.52. The van der Waals surface area contributed by atoms with Crippen LogP contribution in [0.25, 0.3) is 0 Å². The van der Waals surface area contributed by atoms with Gasteiger partial charge in [0.2, 0.25) is 0 Å². The second-order valence-electron chi connectivity index (χ2n) is 6.18. The summed E-state index contributed by atoms with van der Waals surface area (Å²) < 4.78 is 2.13. The smallest absolute Gasteiger partial charge is 0.0643 e. The van der Waals surface area contributed by atoms with Crippen LogP contribution >= 0.6 is 0 Å². The normalized spacial score (nSPS) is 29.7. The molecule has 1 aliphatic carbocycles. The topological polar surface area (TPSA) is 29.9 Å². The van der Waals surface area contributed by atoms with Crippen molar-refractivity contribution in [2.45, 2.75) is 64.0 Å². The Balaban J connectivity index is 1.73. The maximum absolute atomic E-state index is 4.78. The summed E-state index contributed by atoms with van der Waals surface area (Å²) in [5.41, 5.74) is 1.66. The molecule has 18 heavy (non-hydrogen) atoms. The first-order chi connectivity index (χ1) is 8.73. The lowest BCUT2D eigenvalue weighted by Gasteiger charge is -2.29. The average molecular weight is 247 g/mol. The summed E-state index contributed by atoms with van der Waals surface area (Å²) in [5, 5.41) is 8.56. The minimum absolute atomic E-state index is 0.384. The molecule has 0 spiro atoms. The van der Waals surface area contributed by atoms with E-state index in [1.807, 2.05) is 0 Å². The van der Waals surface area contributed by atoms with E-state index in [0.717, 1.165) is 18.8 Å². The Morgan fingerprint density at radius 2 is 2.39 bits per heavy atom. The van der Waals surface area contributed by atoms with Crippen LogP contribution in [0, 0.1) is 5.92 Å². The molecule has 0 amide bonds. The zero-order valence-electron chi connectivity index (χ0n) is 11.7. The third-order valence-electron chi connectivity index (χ3n) is 4.84. The molecule has 3 rings (SSSR count). The Kier molecular flexibility index (Phi) is 3.18. The van der Waals surface area contributed by atoms with Gasteiger partial charge in [-0.15, -0.1) is 0 Å². The Morgan fingerprint density at radius 1 is 1.56 bits per heavy atom. The summed E-state index contributed by atoms with van der Waals surface area (Å²) in [4.78, 5) is 0. The Hall–Kier alpha value is -0.830. The molecule has 0 bridgehead atoms. The van der Waals surface area contributed by atoms with E-state index in [1.54, 1.807) is 0 Å². The fourth-order valence-corrected chi connectivity index (χ4v) is 3.34. The lowest BCUT2D eigenvalue weighted by molar-refractivity contribution is 0.318. The SMILES string of the molecule is CCC(C)n1ccc(CC2(C3CC3)CCCN2)n1. The van der Waals surface area contributed by atoms with Gasteiger partial charge in [-0.3, -0.25) is 4.68 Å². The summed E-state index contributed by atoms with van der Waals surface area (Å²) in [7, 11) is 0. The first-order valence-corrected chi connectivity index (χ1v) is 7.52. The highest BCUT2D eigenvalue weighted by molar-refractivity contribution is 5.13. The minimum Gasteiger partial charge on any atom is -0.311 e. The maximum Gasteiger partial charge on any atom is 0.0643 e. The third kappa shape index (κ3) is 2.20. The Bertz CT molecular complexity index is 400. The van der Waals surface area contributed by atoms with Crippen molar-refractivity contribution in [2.75, 3.05) is 6.54 Å². The van der Waals surface area contributed by atoms with E-state index in [2.05, 4.69) is 36.1 Å². The number of rotatable bonds is 5. The van der Waals surface area contributed by atoms with Crippen LogP contribution in [0.15, 0.2) is 12.3 Å². The minimum atomic E-state index is 0.384. The summed E-state index contributed by atoms with van der Waals surface area (Å²) in [6, 6.07) is 2.74. The fourth-order valence-electron chi connectivity index (χ4n) is 3.34. The lowest BCUT2D eigenvalue weighted by atomic mass is 9.86. The summed E-state index contributed by atoms with van der Waals surface area (Å²) in [6.45, 7) is 5.65. The highest BCUT2D eigenvalue weighted by Crippen LogP contribution is 2.45. The van der Waals surface area contributed by atoms with Crippen molar-refractivity contribution in [3.63, 3.8) is 0 Å². The van der Waals surface area contributed by atoms with E-state index in [9.17, 15) is 0 Å². The van der Waals surface area contributed by atoms with Gasteiger partial charge in [-0.05, 0) is 57.6 Å².